The number of halogens is 1. The number of ether oxygens (including phenoxy) is 1. The Labute approximate surface area is 113 Å². The van der Waals surface area contributed by atoms with Crippen LogP contribution in [0.15, 0.2) is 24.3 Å². The van der Waals surface area contributed by atoms with Gasteiger partial charge in [-0.1, -0.05) is 23.7 Å². The fourth-order valence-corrected chi connectivity index (χ4v) is 1.39. The quantitative estimate of drug-likeness (QED) is 0.660. The Bertz CT molecular complexity index is 382. The van der Waals surface area contributed by atoms with Crippen LogP contribution in [0.3, 0.4) is 0 Å². The molecular formula is C14H20ClNO2. The van der Waals surface area contributed by atoms with Crippen LogP contribution >= 0.6 is 11.6 Å². The van der Waals surface area contributed by atoms with Crippen LogP contribution < -0.4 is 5.32 Å². The summed E-state index contributed by atoms with van der Waals surface area (Å²) in [5.74, 6) is -0.171. The first kappa shape index (κ1) is 15.0. The number of hydrogen-bond donors (Lipinski definition) is 1. The van der Waals surface area contributed by atoms with Gasteiger partial charge in [-0.15, -0.1) is 0 Å². The number of nitrogens with one attached hydrogen (secondary N) is 1. The molecule has 0 aliphatic rings. The van der Waals surface area contributed by atoms with E-state index in [9.17, 15) is 4.79 Å². The lowest BCUT2D eigenvalue weighted by molar-refractivity contribution is -0.152. The molecule has 0 heterocycles. The van der Waals surface area contributed by atoms with E-state index in [4.69, 9.17) is 16.3 Å². The van der Waals surface area contributed by atoms with E-state index in [0.29, 0.717) is 13.2 Å². The van der Waals surface area contributed by atoms with Crippen molar-refractivity contribution in [1.29, 1.82) is 0 Å². The fraction of sp³-hybridized carbons (Fsp3) is 0.500. The Morgan fingerprint density at radius 2 is 1.89 bits per heavy atom. The summed E-state index contributed by atoms with van der Waals surface area (Å²) in [7, 11) is 0. The van der Waals surface area contributed by atoms with Gasteiger partial charge in [0.05, 0.1) is 5.41 Å². The first-order valence-electron chi connectivity index (χ1n) is 6.02. The lowest BCUT2D eigenvalue weighted by atomic mass is 9.97. The van der Waals surface area contributed by atoms with E-state index in [2.05, 4.69) is 5.32 Å². The summed E-state index contributed by atoms with van der Waals surface area (Å²) in [4.78, 5) is 11.5. The minimum absolute atomic E-state index is 0.171. The Morgan fingerprint density at radius 3 is 2.44 bits per heavy atom. The molecule has 1 rings (SSSR count). The van der Waals surface area contributed by atoms with E-state index in [1.54, 1.807) is 0 Å². The van der Waals surface area contributed by atoms with Gasteiger partial charge in [0.1, 0.15) is 6.61 Å². The molecule has 0 bridgehead atoms. The molecule has 0 atom stereocenters. The zero-order chi connectivity index (χ0) is 13.6. The average molecular weight is 270 g/mol. The van der Waals surface area contributed by atoms with E-state index in [0.717, 1.165) is 17.1 Å². The van der Waals surface area contributed by atoms with Gasteiger partial charge >= 0.3 is 5.97 Å². The average Bonchev–Trinajstić information content (AvgIpc) is 2.29. The summed E-state index contributed by atoms with van der Waals surface area (Å²) >= 11 is 5.80. The molecule has 1 aromatic carbocycles. The first-order chi connectivity index (χ1) is 8.39. The van der Waals surface area contributed by atoms with Gasteiger partial charge in [0.2, 0.25) is 0 Å². The Hall–Kier alpha value is -1.06. The molecule has 1 N–H and O–H groups in total. The topological polar surface area (TPSA) is 38.3 Å². The molecule has 0 amide bonds. The third-order valence-corrected chi connectivity index (χ3v) is 2.62. The van der Waals surface area contributed by atoms with E-state index < -0.39 is 5.41 Å². The van der Waals surface area contributed by atoms with Gasteiger partial charge in [-0.25, -0.2) is 0 Å². The molecule has 3 nitrogen and oxygen atoms in total. The molecule has 1 aromatic rings. The number of carbonyl (C=O) groups is 1. The first-order valence-corrected chi connectivity index (χ1v) is 6.40. The molecular weight excluding hydrogens is 250 g/mol. The molecule has 0 saturated heterocycles. The van der Waals surface area contributed by atoms with Crippen molar-refractivity contribution in [3.05, 3.63) is 34.9 Å². The highest BCUT2D eigenvalue weighted by molar-refractivity contribution is 6.30. The maximum atomic E-state index is 11.5. The minimum atomic E-state index is -0.434. The molecule has 0 aliphatic heterocycles. The van der Waals surface area contributed by atoms with Crippen LogP contribution in [0, 0.1) is 5.41 Å². The molecule has 0 unspecified atom stereocenters. The predicted molar refractivity (Wildman–Crippen MR) is 73.6 cm³/mol. The zero-order valence-electron chi connectivity index (χ0n) is 11.1. The van der Waals surface area contributed by atoms with Crippen LogP contribution in [0.1, 0.15) is 26.3 Å². The van der Waals surface area contributed by atoms with Crippen LogP contribution in [0.25, 0.3) is 0 Å². The van der Waals surface area contributed by atoms with Crippen molar-refractivity contribution in [3.8, 4) is 0 Å². The summed E-state index contributed by atoms with van der Waals surface area (Å²) in [6.07, 6.45) is 0. The van der Waals surface area contributed by atoms with Crippen LogP contribution in [0.4, 0.5) is 0 Å². The van der Waals surface area contributed by atoms with Crippen molar-refractivity contribution in [3.63, 3.8) is 0 Å². The van der Waals surface area contributed by atoms with Crippen molar-refractivity contribution in [2.24, 2.45) is 5.41 Å². The van der Waals surface area contributed by atoms with Gasteiger partial charge in [0.15, 0.2) is 0 Å². The monoisotopic (exact) mass is 269 g/mol. The van der Waals surface area contributed by atoms with Gasteiger partial charge in [0, 0.05) is 18.1 Å². The van der Waals surface area contributed by atoms with E-state index in [1.165, 1.54) is 0 Å². The standard InChI is InChI=1S/C14H20ClNO2/c1-14(2,3)13(17)18-9-8-16-10-11-4-6-12(15)7-5-11/h4-7,16H,8-10H2,1-3H3. The molecule has 0 aliphatic carbocycles. The van der Waals surface area contributed by atoms with Crippen molar-refractivity contribution in [1.82, 2.24) is 5.32 Å². The van der Waals surface area contributed by atoms with Crippen LogP contribution in [-0.4, -0.2) is 19.1 Å². The Morgan fingerprint density at radius 1 is 1.28 bits per heavy atom. The highest BCUT2D eigenvalue weighted by atomic mass is 35.5. The van der Waals surface area contributed by atoms with Gasteiger partial charge < -0.3 is 10.1 Å². The van der Waals surface area contributed by atoms with Crippen LogP contribution in [-0.2, 0) is 16.1 Å². The number of rotatable bonds is 5. The number of hydrogen-bond acceptors (Lipinski definition) is 3. The number of esters is 1. The lowest BCUT2D eigenvalue weighted by Crippen LogP contribution is -2.27. The summed E-state index contributed by atoms with van der Waals surface area (Å²) in [5, 5.41) is 3.94. The smallest absolute Gasteiger partial charge is 0.311 e. The van der Waals surface area contributed by atoms with E-state index >= 15 is 0 Å². The Kier molecular flexibility index (Phi) is 5.63. The second-order valence-corrected chi connectivity index (χ2v) is 5.63. The molecule has 0 aromatic heterocycles. The van der Waals surface area contributed by atoms with Gasteiger partial charge in [-0.05, 0) is 38.5 Å². The second-order valence-electron chi connectivity index (χ2n) is 5.19. The van der Waals surface area contributed by atoms with Crippen LogP contribution in [0.2, 0.25) is 5.02 Å². The van der Waals surface area contributed by atoms with Crippen molar-refractivity contribution >= 4 is 17.6 Å². The van der Waals surface area contributed by atoms with E-state index in [1.807, 2.05) is 45.0 Å². The lowest BCUT2D eigenvalue weighted by Gasteiger charge is -2.16. The maximum Gasteiger partial charge on any atom is 0.311 e. The molecule has 0 spiro atoms. The fourth-order valence-electron chi connectivity index (χ4n) is 1.27. The molecule has 4 heteroatoms. The summed E-state index contributed by atoms with van der Waals surface area (Å²) in [5.41, 5.74) is 0.720. The molecule has 0 radical (unpaired) electrons. The maximum absolute atomic E-state index is 11.5. The van der Waals surface area contributed by atoms with E-state index in [-0.39, 0.29) is 5.97 Å². The second kappa shape index (κ2) is 6.76. The van der Waals surface area contributed by atoms with Gasteiger partial charge in [-0.3, -0.25) is 4.79 Å². The summed E-state index contributed by atoms with van der Waals surface area (Å²) in [6.45, 7) is 7.31. The van der Waals surface area contributed by atoms with Crippen LogP contribution in [0.5, 0.6) is 0 Å². The number of benzene rings is 1. The molecule has 0 fully saturated rings. The summed E-state index contributed by atoms with van der Waals surface area (Å²) < 4.78 is 5.14. The van der Waals surface area contributed by atoms with Gasteiger partial charge in [-0.2, -0.15) is 0 Å². The third-order valence-electron chi connectivity index (χ3n) is 2.37. The summed E-state index contributed by atoms with van der Waals surface area (Å²) in [6, 6.07) is 7.66. The van der Waals surface area contributed by atoms with Gasteiger partial charge in [0.25, 0.3) is 0 Å². The molecule has 0 saturated carbocycles. The third kappa shape index (κ3) is 5.52. The SMILES string of the molecule is CC(C)(C)C(=O)OCCNCc1ccc(Cl)cc1. The van der Waals surface area contributed by atoms with Crippen molar-refractivity contribution in [2.45, 2.75) is 27.3 Å². The van der Waals surface area contributed by atoms with Crippen molar-refractivity contribution < 1.29 is 9.53 Å². The highest BCUT2D eigenvalue weighted by Gasteiger charge is 2.22. The predicted octanol–water partition coefficient (Wildman–Crippen LogP) is 3.02. The normalized spacial score (nSPS) is 11.3. The molecule has 100 valence electrons. The minimum Gasteiger partial charge on any atom is -0.464 e. The Balaban J connectivity index is 2.16. The zero-order valence-corrected chi connectivity index (χ0v) is 11.9. The molecule has 18 heavy (non-hydrogen) atoms. The van der Waals surface area contributed by atoms with Crippen molar-refractivity contribution in [2.75, 3.05) is 13.2 Å². The highest BCUT2D eigenvalue weighted by Crippen LogP contribution is 2.14. The largest absolute Gasteiger partial charge is 0.464 e. The number of carbonyl (C=O) groups excluding carboxylic acids is 1.